The van der Waals surface area contributed by atoms with Crippen molar-refractivity contribution >= 4 is 29.3 Å². The zero-order chi connectivity index (χ0) is 20.8. The van der Waals surface area contributed by atoms with Crippen LogP contribution in [0.3, 0.4) is 0 Å². The van der Waals surface area contributed by atoms with Crippen LogP contribution in [0.15, 0.2) is 18.2 Å². The second kappa shape index (κ2) is 9.33. The van der Waals surface area contributed by atoms with E-state index in [1.54, 1.807) is 17.0 Å². The fraction of sp³-hybridized carbons (Fsp3) is 0.471. The van der Waals surface area contributed by atoms with E-state index in [-0.39, 0.29) is 19.6 Å². The van der Waals surface area contributed by atoms with Crippen molar-refractivity contribution in [2.75, 3.05) is 49.6 Å². The number of anilines is 2. The van der Waals surface area contributed by atoms with Crippen molar-refractivity contribution in [3.05, 3.63) is 24.0 Å². The van der Waals surface area contributed by atoms with Crippen LogP contribution in [0.5, 0.6) is 0 Å². The smallest absolute Gasteiger partial charge is 0.414 e. The third-order valence-corrected chi connectivity index (χ3v) is 4.32. The van der Waals surface area contributed by atoms with Gasteiger partial charge in [0.05, 0.1) is 17.9 Å². The molecule has 0 bridgehead atoms. The van der Waals surface area contributed by atoms with Crippen molar-refractivity contribution < 1.29 is 28.6 Å². The molecule has 0 unspecified atom stereocenters. The molecule has 1 aliphatic rings. The number of amides is 2. The van der Waals surface area contributed by atoms with Crippen molar-refractivity contribution in [2.45, 2.75) is 13.0 Å². The number of aliphatic carboxylic acids is 1. The molecule has 1 aromatic rings. The van der Waals surface area contributed by atoms with E-state index in [2.05, 4.69) is 5.43 Å². The van der Waals surface area contributed by atoms with E-state index in [0.29, 0.717) is 24.5 Å². The Kier molecular flexibility index (Phi) is 7.12. The molecule has 1 saturated heterocycles. The molecule has 1 heterocycles. The molecule has 4 N–H and O–H groups in total. The first-order valence-electron chi connectivity index (χ1n) is 8.75. The number of hydrazine groups is 1. The Morgan fingerprint density at radius 1 is 1.46 bits per heavy atom. The van der Waals surface area contributed by atoms with Crippen LogP contribution in [-0.4, -0.2) is 74.0 Å². The molecular weight excluding hydrogens is 373 g/mol. The van der Waals surface area contributed by atoms with Crippen LogP contribution in [-0.2, 0) is 14.3 Å². The third kappa shape index (κ3) is 4.87. The zero-order valence-corrected chi connectivity index (χ0v) is 15.7. The Morgan fingerprint density at radius 2 is 2.18 bits per heavy atom. The number of carbonyl (C=O) groups excluding carboxylic acids is 2. The predicted octanol–water partition coefficient (Wildman–Crippen LogP) is -0.0165. The Bertz CT molecular complexity index is 747. The number of halogens is 1. The highest BCUT2D eigenvalue weighted by Gasteiger charge is 2.31. The minimum absolute atomic E-state index is 0.193. The molecule has 1 aromatic carbocycles. The highest BCUT2D eigenvalue weighted by Crippen LogP contribution is 2.27. The van der Waals surface area contributed by atoms with Crippen LogP contribution in [0.2, 0.25) is 0 Å². The molecule has 11 heteroatoms. The molecule has 154 valence electrons. The van der Waals surface area contributed by atoms with Crippen molar-refractivity contribution in [3.8, 4) is 0 Å². The first kappa shape index (κ1) is 21.4. The maximum absolute atomic E-state index is 14.7. The minimum atomic E-state index is -1.57. The van der Waals surface area contributed by atoms with Crippen LogP contribution in [0.1, 0.15) is 6.92 Å². The number of nitrogens with two attached hydrogens (primary N) is 1. The number of cyclic esters (lactones) is 1. The Labute approximate surface area is 161 Å². The summed E-state index contributed by atoms with van der Waals surface area (Å²) in [6.45, 7) is 3.32. The highest BCUT2D eigenvalue weighted by molar-refractivity contribution is 6.31. The van der Waals surface area contributed by atoms with Crippen LogP contribution >= 0.6 is 0 Å². The fourth-order valence-corrected chi connectivity index (χ4v) is 2.79. The summed E-state index contributed by atoms with van der Waals surface area (Å²) in [7, 11) is 1.30. The number of nitrogens with zero attached hydrogens (tertiary/aromatic N) is 3. The molecule has 28 heavy (non-hydrogen) atoms. The summed E-state index contributed by atoms with van der Waals surface area (Å²) in [5, 5.41) is 9.52. The molecule has 1 fully saturated rings. The van der Waals surface area contributed by atoms with Gasteiger partial charge < -0.3 is 20.5 Å². The number of nitrogens with one attached hydrogen (secondary N) is 1. The van der Waals surface area contributed by atoms with Gasteiger partial charge in [-0.15, -0.1) is 0 Å². The molecular formula is C17H24FN5O5. The fourth-order valence-electron chi connectivity index (χ4n) is 2.79. The van der Waals surface area contributed by atoms with Crippen molar-refractivity contribution in [3.63, 3.8) is 0 Å². The lowest BCUT2D eigenvalue weighted by Gasteiger charge is -2.26. The van der Waals surface area contributed by atoms with E-state index in [1.807, 2.05) is 6.92 Å². The summed E-state index contributed by atoms with van der Waals surface area (Å²) in [5.74, 6) is -3.17. The lowest BCUT2D eigenvalue weighted by Crippen LogP contribution is -2.46. The summed E-state index contributed by atoms with van der Waals surface area (Å²) >= 11 is 0. The quantitative estimate of drug-likeness (QED) is 0.413. The average molecular weight is 397 g/mol. The molecule has 1 aliphatic heterocycles. The third-order valence-electron chi connectivity index (χ3n) is 4.32. The van der Waals surface area contributed by atoms with Gasteiger partial charge in [0.2, 0.25) is 0 Å². The zero-order valence-electron chi connectivity index (χ0n) is 15.7. The van der Waals surface area contributed by atoms with E-state index in [0.717, 1.165) is 5.01 Å². The number of hydrogen-bond donors (Lipinski definition) is 3. The second-order valence-corrected chi connectivity index (χ2v) is 6.14. The second-order valence-electron chi connectivity index (χ2n) is 6.14. The number of likely N-dealkylation sites (N-methyl/N-ethyl adjacent to an activating group) is 2. The van der Waals surface area contributed by atoms with E-state index < -0.39 is 29.9 Å². The van der Waals surface area contributed by atoms with Gasteiger partial charge in [-0.25, -0.2) is 19.4 Å². The molecule has 1 atom stereocenters. The molecule has 2 rings (SSSR count). The molecule has 0 aliphatic carbocycles. The van der Waals surface area contributed by atoms with Crippen LogP contribution < -0.4 is 21.0 Å². The highest BCUT2D eigenvalue weighted by atomic mass is 19.1. The van der Waals surface area contributed by atoms with Gasteiger partial charge in [0.1, 0.15) is 11.9 Å². The first-order chi connectivity index (χ1) is 13.3. The summed E-state index contributed by atoms with van der Waals surface area (Å²) in [6, 6.07) is 4.43. The SMILES string of the molecule is CCN(CCNN(C)C(=O)C(=O)O)c1ccc(N2C[C@H](CN)OC2=O)cc1F. The maximum Gasteiger partial charge on any atom is 0.414 e. The monoisotopic (exact) mass is 397 g/mol. The van der Waals surface area contributed by atoms with Crippen LogP contribution in [0, 0.1) is 5.82 Å². The number of ether oxygens (including phenoxy) is 1. The number of hydrogen-bond acceptors (Lipinski definition) is 7. The van der Waals surface area contributed by atoms with Gasteiger partial charge in [-0.3, -0.25) is 14.7 Å². The number of rotatable bonds is 8. The minimum Gasteiger partial charge on any atom is -0.474 e. The lowest BCUT2D eigenvalue weighted by atomic mass is 10.2. The first-order valence-corrected chi connectivity index (χ1v) is 8.75. The Hall–Kier alpha value is -2.92. The predicted molar refractivity (Wildman–Crippen MR) is 99.4 cm³/mol. The number of carbonyl (C=O) groups is 3. The summed E-state index contributed by atoms with van der Waals surface area (Å²) in [4.78, 5) is 36.8. The topological polar surface area (TPSA) is 128 Å². The molecule has 0 saturated carbocycles. The molecule has 10 nitrogen and oxygen atoms in total. The van der Waals surface area contributed by atoms with Gasteiger partial charge >= 0.3 is 18.0 Å². The average Bonchev–Trinajstić information content (AvgIpc) is 3.05. The normalized spacial score (nSPS) is 16.1. The number of carboxylic acid groups (broad SMARTS) is 1. The lowest BCUT2D eigenvalue weighted by molar-refractivity contribution is -0.156. The summed E-state index contributed by atoms with van der Waals surface area (Å²) in [5.41, 5.74) is 8.85. The van der Waals surface area contributed by atoms with Gasteiger partial charge in [0, 0.05) is 33.2 Å². The van der Waals surface area contributed by atoms with Crippen molar-refractivity contribution in [1.82, 2.24) is 10.4 Å². The summed E-state index contributed by atoms with van der Waals surface area (Å²) in [6.07, 6.45) is -0.982. The van der Waals surface area contributed by atoms with Crippen molar-refractivity contribution in [2.24, 2.45) is 5.73 Å². The Morgan fingerprint density at radius 3 is 2.71 bits per heavy atom. The van der Waals surface area contributed by atoms with Crippen LogP contribution in [0.4, 0.5) is 20.6 Å². The number of carboxylic acids is 1. The largest absolute Gasteiger partial charge is 0.474 e. The van der Waals surface area contributed by atoms with E-state index in [1.165, 1.54) is 18.0 Å². The number of benzene rings is 1. The van der Waals surface area contributed by atoms with E-state index in [4.69, 9.17) is 15.6 Å². The van der Waals surface area contributed by atoms with E-state index >= 15 is 0 Å². The molecule has 0 spiro atoms. The standard InChI is InChI=1S/C17H24FN5O5/c1-3-22(7-6-20-21(2)15(24)16(25)26)14-5-4-11(8-13(14)18)23-10-12(9-19)28-17(23)27/h4-5,8,12,20H,3,6-7,9-10,19H2,1-2H3,(H,25,26)/t12-/m0/s1. The molecule has 0 radical (unpaired) electrons. The molecule has 0 aromatic heterocycles. The van der Waals surface area contributed by atoms with Crippen molar-refractivity contribution in [1.29, 1.82) is 0 Å². The van der Waals surface area contributed by atoms with Gasteiger partial charge in [-0.05, 0) is 25.1 Å². The Balaban J connectivity index is 2.02. The maximum atomic E-state index is 14.7. The van der Waals surface area contributed by atoms with E-state index in [9.17, 15) is 18.8 Å². The van der Waals surface area contributed by atoms with Gasteiger partial charge in [-0.1, -0.05) is 0 Å². The summed E-state index contributed by atoms with van der Waals surface area (Å²) < 4.78 is 19.7. The van der Waals surface area contributed by atoms with Gasteiger partial charge in [0.15, 0.2) is 0 Å². The molecule has 2 amide bonds. The van der Waals surface area contributed by atoms with Crippen LogP contribution in [0.25, 0.3) is 0 Å². The van der Waals surface area contributed by atoms with Gasteiger partial charge in [0.25, 0.3) is 0 Å². The van der Waals surface area contributed by atoms with Gasteiger partial charge in [-0.2, -0.15) is 0 Å².